The molecule has 0 aliphatic carbocycles. The zero-order valence-corrected chi connectivity index (χ0v) is 11.8. The molecule has 0 amide bonds. The standard InChI is InChI=1S/C15H23NO2/c1-5-18-15(17)11-16(4)9-8-14-10-12(2)6-7-13(14)3/h6-7,10H,5,8-9,11H2,1-4H3. The van der Waals surface area contributed by atoms with E-state index in [0.29, 0.717) is 13.2 Å². The molecular weight excluding hydrogens is 226 g/mol. The minimum atomic E-state index is -0.152. The van der Waals surface area contributed by atoms with Crippen molar-refractivity contribution >= 4 is 5.97 Å². The Bertz CT molecular complexity index is 401. The number of nitrogens with zero attached hydrogens (tertiary/aromatic N) is 1. The maximum absolute atomic E-state index is 11.3. The van der Waals surface area contributed by atoms with Crippen LogP contribution in [0.3, 0.4) is 0 Å². The number of esters is 1. The zero-order chi connectivity index (χ0) is 13.5. The van der Waals surface area contributed by atoms with Gasteiger partial charge in [0.15, 0.2) is 0 Å². The summed E-state index contributed by atoms with van der Waals surface area (Å²) in [5.74, 6) is -0.152. The van der Waals surface area contributed by atoms with Crippen LogP contribution in [0.5, 0.6) is 0 Å². The molecule has 1 aromatic carbocycles. The molecule has 0 unspecified atom stereocenters. The Hall–Kier alpha value is -1.35. The highest BCUT2D eigenvalue weighted by atomic mass is 16.5. The summed E-state index contributed by atoms with van der Waals surface area (Å²) in [7, 11) is 1.95. The van der Waals surface area contributed by atoms with Gasteiger partial charge in [-0.05, 0) is 45.4 Å². The third-order valence-electron chi connectivity index (χ3n) is 2.97. The van der Waals surface area contributed by atoms with Crippen molar-refractivity contribution in [1.82, 2.24) is 4.90 Å². The van der Waals surface area contributed by atoms with E-state index in [2.05, 4.69) is 32.0 Å². The molecule has 1 aromatic rings. The molecule has 0 aliphatic heterocycles. The molecule has 18 heavy (non-hydrogen) atoms. The Labute approximate surface area is 110 Å². The van der Waals surface area contributed by atoms with Gasteiger partial charge in [-0.25, -0.2) is 0 Å². The smallest absolute Gasteiger partial charge is 0.320 e. The van der Waals surface area contributed by atoms with Crippen LogP contribution in [-0.2, 0) is 16.0 Å². The van der Waals surface area contributed by atoms with Crippen molar-refractivity contribution in [3.63, 3.8) is 0 Å². The number of aryl methyl sites for hydroxylation is 2. The first kappa shape index (κ1) is 14.7. The molecule has 3 nitrogen and oxygen atoms in total. The van der Waals surface area contributed by atoms with Crippen LogP contribution in [0.15, 0.2) is 18.2 Å². The Morgan fingerprint density at radius 2 is 2.06 bits per heavy atom. The number of hydrogen-bond donors (Lipinski definition) is 0. The molecule has 0 saturated carbocycles. The van der Waals surface area contributed by atoms with E-state index in [1.54, 1.807) is 0 Å². The molecular formula is C15H23NO2. The van der Waals surface area contributed by atoms with Gasteiger partial charge in [0.1, 0.15) is 0 Å². The number of ether oxygens (including phenoxy) is 1. The van der Waals surface area contributed by atoms with Gasteiger partial charge in [0.25, 0.3) is 0 Å². The third kappa shape index (κ3) is 4.88. The maximum atomic E-state index is 11.3. The van der Waals surface area contributed by atoms with Gasteiger partial charge in [-0.15, -0.1) is 0 Å². The quantitative estimate of drug-likeness (QED) is 0.725. The number of benzene rings is 1. The van der Waals surface area contributed by atoms with E-state index >= 15 is 0 Å². The van der Waals surface area contributed by atoms with E-state index in [4.69, 9.17) is 4.74 Å². The van der Waals surface area contributed by atoms with Crippen molar-refractivity contribution < 1.29 is 9.53 Å². The second kappa shape index (κ2) is 7.17. The first-order valence-corrected chi connectivity index (χ1v) is 6.43. The lowest BCUT2D eigenvalue weighted by Gasteiger charge is -2.16. The van der Waals surface area contributed by atoms with Crippen LogP contribution in [0, 0.1) is 13.8 Å². The monoisotopic (exact) mass is 249 g/mol. The average Bonchev–Trinajstić information content (AvgIpc) is 2.30. The number of carbonyl (C=O) groups is 1. The fourth-order valence-corrected chi connectivity index (χ4v) is 1.89. The van der Waals surface area contributed by atoms with Crippen molar-refractivity contribution in [2.45, 2.75) is 27.2 Å². The van der Waals surface area contributed by atoms with Gasteiger partial charge in [-0.2, -0.15) is 0 Å². The van der Waals surface area contributed by atoms with Crippen LogP contribution >= 0.6 is 0 Å². The fraction of sp³-hybridized carbons (Fsp3) is 0.533. The summed E-state index contributed by atoms with van der Waals surface area (Å²) in [4.78, 5) is 13.3. The molecule has 0 bridgehead atoms. The first-order valence-electron chi connectivity index (χ1n) is 6.43. The van der Waals surface area contributed by atoms with Crippen LogP contribution in [0.4, 0.5) is 0 Å². The Kier molecular flexibility index (Phi) is 5.86. The summed E-state index contributed by atoms with van der Waals surface area (Å²) in [6.07, 6.45) is 0.962. The van der Waals surface area contributed by atoms with Crippen LogP contribution < -0.4 is 0 Å². The summed E-state index contributed by atoms with van der Waals surface area (Å²) >= 11 is 0. The maximum Gasteiger partial charge on any atom is 0.320 e. The van der Waals surface area contributed by atoms with Crippen LogP contribution in [0.2, 0.25) is 0 Å². The molecule has 0 saturated heterocycles. The lowest BCUT2D eigenvalue weighted by Crippen LogP contribution is -2.29. The minimum Gasteiger partial charge on any atom is -0.465 e. The molecule has 0 radical (unpaired) electrons. The molecule has 0 fully saturated rings. The SMILES string of the molecule is CCOC(=O)CN(C)CCc1cc(C)ccc1C. The lowest BCUT2D eigenvalue weighted by molar-refractivity contribution is -0.144. The van der Waals surface area contributed by atoms with E-state index in [9.17, 15) is 4.79 Å². The van der Waals surface area contributed by atoms with E-state index < -0.39 is 0 Å². The molecule has 0 heterocycles. The number of carbonyl (C=O) groups excluding carboxylic acids is 1. The van der Waals surface area contributed by atoms with Gasteiger partial charge in [0.05, 0.1) is 13.2 Å². The van der Waals surface area contributed by atoms with E-state index in [0.717, 1.165) is 13.0 Å². The Morgan fingerprint density at radius 1 is 1.33 bits per heavy atom. The first-order chi connectivity index (χ1) is 8.52. The Morgan fingerprint density at radius 3 is 2.72 bits per heavy atom. The van der Waals surface area contributed by atoms with Crippen molar-refractivity contribution in [3.8, 4) is 0 Å². The highest BCUT2D eigenvalue weighted by Gasteiger charge is 2.07. The summed E-state index contributed by atoms with van der Waals surface area (Å²) < 4.78 is 4.93. The summed E-state index contributed by atoms with van der Waals surface area (Å²) in [5, 5.41) is 0. The normalized spacial score (nSPS) is 10.7. The molecule has 0 N–H and O–H groups in total. The van der Waals surface area contributed by atoms with Gasteiger partial charge >= 0.3 is 5.97 Å². The van der Waals surface area contributed by atoms with Crippen LogP contribution in [-0.4, -0.2) is 37.6 Å². The van der Waals surface area contributed by atoms with Gasteiger partial charge in [-0.1, -0.05) is 23.8 Å². The topological polar surface area (TPSA) is 29.5 Å². The van der Waals surface area contributed by atoms with Gasteiger partial charge in [0.2, 0.25) is 0 Å². The highest BCUT2D eigenvalue weighted by Crippen LogP contribution is 2.11. The van der Waals surface area contributed by atoms with Gasteiger partial charge in [0, 0.05) is 6.54 Å². The average molecular weight is 249 g/mol. The van der Waals surface area contributed by atoms with E-state index in [1.807, 2.05) is 18.9 Å². The van der Waals surface area contributed by atoms with Gasteiger partial charge in [-0.3, -0.25) is 9.69 Å². The largest absolute Gasteiger partial charge is 0.465 e. The van der Waals surface area contributed by atoms with E-state index in [1.165, 1.54) is 16.7 Å². The van der Waals surface area contributed by atoms with Crippen molar-refractivity contribution in [2.75, 3.05) is 26.7 Å². The number of hydrogen-bond acceptors (Lipinski definition) is 3. The Balaban J connectivity index is 2.44. The predicted octanol–water partition coefficient (Wildman–Crippen LogP) is 2.34. The lowest BCUT2D eigenvalue weighted by atomic mass is 10.0. The van der Waals surface area contributed by atoms with Crippen molar-refractivity contribution in [1.29, 1.82) is 0 Å². The highest BCUT2D eigenvalue weighted by molar-refractivity contribution is 5.71. The molecule has 1 rings (SSSR count). The second-order valence-corrected chi connectivity index (χ2v) is 4.72. The second-order valence-electron chi connectivity index (χ2n) is 4.72. The molecule has 100 valence electrons. The zero-order valence-electron chi connectivity index (χ0n) is 11.8. The molecule has 0 atom stereocenters. The molecule has 0 spiro atoms. The van der Waals surface area contributed by atoms with Gasteiger partial charge < -0.3 is 4.74 Å². The molecule has 0 aromatic heterocycles. The van der Waals surface area contributed by atoms with Crippen molar-refractivity contribution in [3.05, 3.63) is 34.9 Å². The van der Waals surface area contributed by atoms with Crippen molar-refractivity contribution in [2.24, 2.45) is 0 Å². The summed E-state index contributed by atoms with van der Waals surface area (Å²) in [6, 6.07) is 6.49. The minimum absolute atomic E-state index is 0.152. The van der Waals surface area contributed by atoms with E-state index in [-0.39, 0.29) is 5.97 Å². The predicted molar refractivity (Wildman–Crippen MR) is 73.8 cm³/mol. The third-order valence-corrected chi connectivity index (χ3v) is 2.97. The molecule has 3 heteroatoms. The fourth-order valence-electron chi connectivity index (χ4n) is 1.89. The summed E-state index contributed by atoms with van der Waals surface area (Å²) in [5.41, 5.74) is 3.94. The molecule has 0 aliphatic rings. The van der Waals surface area contributed by atoms with Crippen LogP contribution in [0.1, 0.15) is 23.6 Å². The van der Waals surface area contributed by atoms with Crippen LogP contribution in [0.25, 0.3) is 0 Å². The number of rotatable bonds is 6. The number of likely N-dealkylation sites (N-methyl/N-ethyl adjacent to an activating group) is 1. The summed E-state index contributed by atoms with van der Waals surface area (Å²) in [6.45, 7) is 7.73.